The van der Waals surface area contributed by atoms with Crippen LogP contribution in [-0.2, 0) is 6.42 Å². The van der Waals surface area contributed by atoms with Crippen molar-refractivity contribution in [2.75, 3.05) is 13.1 Å². The molecule has 1 saturated heterocycles. The summed E-state index contributed by atoms with van der Waals surface area (Å²) < 4.78 is 5.28. The lowest BCUT2D eigenvalue weighted by Crippen LogP contribution is -2.35. The van der Waals surface area contributed by atoms with E-state index in [9.17, 15) is 5.11 Å². The van der Waals surface area contributed by atoms with Crippen LogP contribution in [0.15, 0.2) is 10.6 Å². The quantitative estimate of drug-likeness (QED) is 0.909. The van der Waals surface area contributed by atoms with Gasteiger partial charge in [-0.2, -0.15) is 0 Å². The van der Waals surface area contributed by atoms with Crippen LogP contribution < -0.4 is 0 Å². The standard InChI is InChI=1S/C15H24N2O2/c1-11-7-14(19-16-11)8-12-9-17(10-15(12)18)13-5-3-2-4-6-13/h7,12-13,15,18H,2-6,8-10H2,1H3/t12-,15-/m1/s1. The topological polar surface area (TPSA) is 49.5 Å². The lowest BCUT2D eigenvalue weighted by atomic mass is 9.94. The first-order chi connectivity index (χ1) is 9.22. The molecule has 2 heterocycles. The van der Waals surface area contributed by atoms with Crippen LogP contribution in [-0.4, -0.2) is 40.4 Å². The Kier molecular flexibility index (Phi) is 3.89. The van der Waals surface area contributed by atoms with Gasteiger partial charge in [0.2, 0.25) is 0 Å². The lowest BCUT2D eigenvalue weighted by Gasteiger charge is -2.30. The molecule has 0 amide bonds. The van der Waals surface area contributed by atoms with Crippen molar-refractivity contribution in [1.29, 1.82) is 0 Å². The number of β-amino-alcohol motifs (C(OH)–C–C–N with tert-alkyl or cyclic N) is 1. The van der Waals surface area contributed by atoms with Gasteiger partial charge in [-0.1, -0.05) is 24.4 Å². The van der Waals surface area contributed by atoms with Crippen LogP contribution in [0.3, 0.4) is 0 Å². The molecule has 0 bridgehead atoms. The summed E-state index contributed by atoms with van der Waals surface area (Å²) in [5, 5.41) is 14.2. The summed E-state index contributed by atoms with van der Waals surface area (Å²) in [6.45, 7) is 3.78. The summed E-state index contributed by atoms with van der Waals surface area (Å²) in [5.74, 6) is 1.21. The van der Waals surface area contributed by atoms with E-state index in [-0.39, 0.29) is 6.10 Å². The number of aliphatic hydroxyl groups is 1. The fraction of sp³-hybridized carbons (Fsp3) is 0.800. The zero-order valence-electron chi connectivity index (χ0n) is 11.7. The summed E-state index contributed by atoms with van der Waals surface area (Å²) in [6.07, 6.45) is 7.29. The maximum Gasteiger partial charge on any atom is 0.137 e. The molecule has 1 aromatic rings. The van der Waals surface area contributed by atoms with Gasteiger partial charge in [-0.25, -0.2) is 0 Å². The van der Waals surface area contributed by atoms with Gasteiger partial charge in [0.1, 0.15) is 5.76 Å². The second-order valence-corrected chi connectivity index (χ2v) is 6.21. The minimum absolute atomic E-state index is 0.215. The maximum absolute atomic E-state index is 10.3. The highest BCUT2D eigenvalue weighted by Crippen LogP contribution is 2.29. The van der Waals surface area contributed by atoms with Crippen LogP contribution >= 0.6 is 0 Å². The molecule has 0 radical (unpaired) electrons. The molecule has 2 aliphatic rings. The largest absolute Gasteiger partial charge is 0.391 e. The van der Waals surface area contributed by atoms with E-state index < -0.39 is 0 Å². The number of aryl methyl sites for hydroxylation is 1. The van der Waals surface area contributed by atoms with E-state index in [0.29, 0.717) is 12.0 Å². The number of hydrogen-bond donors (Lipinski definition) is 1. The van der Waals surface area contributed by atoms with Gasteiger partial charge in [0.25, 0.3) is 0 Å². The predicted molar refractivity (Wildman–Crippen MR) is 72.9 cm³/mol. The second kappa shape index (κ2) is 5.63. The van der Waals surface area contributed by atoms with Gasteiger partial charge >= 0.3 is 0 Å². The molecule has 3 rings (SSSR count). The minimum atomic E-state index is -0.215. The second-order valence-electron chi connectivity index (χ2n) is 6.21. The van der Waals surface area contributed by atoms with Crippen molar-refractivity contribution >= 4 is 0 Å². The number of hydrogen-bond acceptors (Lipinski definition) is 4. The third-order valence-electron chi connectivity index (χ3n) is 4.67. The van der Waals surface area contributed by atoms with E-state index in [2.05, 4.69) is 10.1 Å². The molecule has 1 N–H and O–H groups in total. The van der Waals surface area contributed by atoms with Crippen LogP contribution in [0.1, 0.15) is 43.6 Å². The van der Waals surface area contributed by atoms with Gasteiger partial charge in [0.15, 0.2) is 0 Å². The van der Waals surface area contributed by atoms with Crippen molar-refractivity contribution in [3.8, 4) is 0 Å². The van der Waals surface area contributed by atoms with Gasteiger partial charge in [0, 0.05) is 37.5 Å². The fourth-order valence-electron chi connectivity index (χ4n) is 3.60. The Morgan fingerprint density at radius 1 is 1.32 bits per heavy atom. The van der Waals surface area contributed by atoms with Crippen molar-refractivity contribution in [2.24, 2.45) is 5.92 Å². The third-order valence-corrected chi connectivity index (χ3v) is 4.67. The molecule has 106 valence electrons. The Labute approximate surface area is 114 Å². The monoisotopic (exact) mass is 264 g/mol. The Balaban J connectivity index is 1.58. The number of aliphatic hydroxyl groups excluding tert-OH is 1. The fourth-order valence-corrected chi connectivity index (χ4v) is 3.60. The van der Waals surface area contributed by atoms with Crippen molar-refractivity contribution in [3.63, 3.8) is 0 Å². The van der Waals surface area contributed by atoms with E-state index in [0.717, 1.165) is 31.0 Å². The van der Waals surface area contributed by atoms with Gasteiger partial charge in [-0.05, 0) is 19.8 Å². The molecule has 19 heavy (non-hydrogen) atoms. The summed E-state index contributed by atoms with van der Waals surface area (Å²) in [6, 6.07) is 2.68. The molecule has 4 nitrogen and oxygen atoms in total. The molecule has 0 unspecified atom stereocenters. The highest BCUT2D eigenvalue weighted by Gasteiger charge is 2.35. The zero-order chi connectivity index (χ0) is 13.2. The smallest absolute Gasteiger partial charge is 0.137 e. The summed E-state index contributed by atoms with van der Waals surface area (Å²) >= 11 is 0. The lowest BCUT2D eigenvalue weighted by molar-refractivity contribution is 0.127. The highest BCUT2D eigenvalue weighted by molar-refractivity contribution is 5.05. The first kappa shape index (κ1) is 13.1. The molecule has 1 saturated carbocycles. The van der Waals surface area contributed by atoms with Gasteiger partial charge < -0.3 is 9.63 Å². The number of likely N-dealkylation sites (tertiary alicyclic amines) is 1. The van der Waals surface area contributed by atoms with Crippen LogP contribution in [0.4, 0.5) is 0 Å². The molecule has 0 spiro atoms. The minimum Gasteiger partial charge on any atom is -0.391 e. The number of aromatic nitrogens is 1. The molecule has 0 aromatic carbocycles. The van der Waals surface area contributed by atoms with Crippen LogP contribution in [0.5, 0.6) is 0 Å². The molecule has 4 heteroatoms. The van der Waals surface area contributed by atoms with Crippen molar-refractivity contribution < 1.29 is 9.63 Å². The number of rotatable bonds is 3. The van der Waals surface area contributed by atoms with E-state index in [4.69, 9.17) is 4.52 Å². The van der Waals surface area contributed by atoms with Crippen LogP contribution in [0.25, 0.3) is 0 Å². The Morgan fingerprint density at radius 2 is 2.11 bits per heavy atom. The first-order valence-corrected chi connectivity index (χ1v) is 7.56. The molecule has 1 aliphatic carbocycles. The Bertz CT molecular complexity index is 412. The maximum atomic E-state index is 10.3. The molecule has 1 aliphatic heterocycles. The average Bonchev–Trinajstić information content (AvgIpc) is 2.98. The van der Waals surface area contributed by atoms with E-state index in [1.54, 1.807) is 0 Å². The molecule has 1 aromatic heterocycles. The van der Waals surface area contributed by atoms with Gasteiger partial charge in [-0.3, -0.25) is 4.90 Å². The van der Waals surface area contributed by atoms with Crippen molar-refractivity contribution in [3.05, 3.63) is 17.5 Å². The van der Waals surface area contributed by atoms with Crippen LogP contribution in [0, 0.1) is 12.8 Å². The third kappa shape index (κ3) is 3.00. The average molecular weight is 264 g/mol. The first-order valence-electron chi connectivity index (χ1n) is 7.56. The zero-order valence-corrected chi connectivity index (χ0v) is 11.7. The summed E-state index contributed by atoms with van der Waals surface area (Å²) in [7, 11) is 0. The van der Waals surface area contributed by atoms with Crippen molar-refractivity contribution in [2.45, 2.75) is 57.6 Å². The summed E-state index contributed by atoms with van der Waals surface area (Å²) in [5.41, 5.74) is 0.923. The van der Waals surface area contributed by atoms with Crippen LogP contribution in [0.2, 0.25) is 0 Å². The summed E-state index contributed by atoms with van der Waals surface area (Å²) in [4.78, 5) is 2.50. The number of nitrogens with zero attached hydrogens (tertiary/aromatic N) is 2. The van der Waals surface area contributed by atoms with E-state index in [1.165, 1.54) is 32.1 Å². The Hall–Kier alpha value is -0.870. The molecule has 2 atom stereocenters. The molecule has 2 fully saturated rings. The van der Waals surface area contributed by atoms with E-state index >= 15 is 0 Å². The normalized spacial score (nSPS) is 30.0. The van der Waals surface area contributed by atoms with Crippen molar-refractivity contribution in [1.82, 2.24) is 10.1 Å². The molecular formula is C15H24N2O2. The SMILES string of the molecule is Cc1cc(C[C@@H]2CN(C3CCCCC3)C[C@H]2O)on1. The Morgan fingerprint density at radius 3 is 2.79 bits per heavy atom. The van der Waals surface area contributed by atoms with E-state index in [1.807, 2.05) is 13.0 Å². The van der Waals surface area contributed by atoms with Gasteiger partial charge in [-0.15, -0.1) is 0 Å². The van der Waals surface area contributed by atoms with Gasteiger partial charge in [0.05, 0.1) is 11.8 Å². The molecular weight excluding hydrogens is 240 g/mol. The highest BCUT2D eigenvalue weighted by atomic mass is 16.5. The predicted octanol–water partition coefficient (Wildman–Crippen LogP) is 2.15.